The van der Waals surface area contributed by atoms with Gasteiger partial charge in [-0.15, -0.1) is 0 Å². The number of rotatable bonds is 4. The smallest absolute Gasteiger partial charge is 0.383 e. The summed E-state index contributed by atoms with van der Waals surface area (Å²) in [7, 11) is 0. The van der Waals surface area contributed by atoms with Gasteiger partial charge < -0.3 is 15.0 Å². The number of nitrogens with two attached hydrogens (primary N) is 1. The first kappa shape index (κ1) is 19.8. The van der Waals surface area contributed by atoms with E-state index in [9.17, 15) is 13.2 Å². The molecule has 2 N–H and O–H groups in total. The zero-order valence-electron chi connectivity index (χ0n) is 16.7. The molecular formula is C21H26F3N5O. The SMILES string of the molecule is C1C2CN(C3COC3)CC12.Nc1ncc(-c2cn(CC3CC3)cn2)cc1C(F)(F)F. The standard InChI is InChI=1S/C13H13F3N4.C8H13NO/c14-13(15,16)10-3-9(4-18-12(10)17)11-6-20(7-19-11)5-8-1-2-8;1-6-2-9(3-7(1)6)8-4-10-5-8/h3-4,6-8H,1-2,5H2,(H2,17,18);6-8H,1-5H2. The van der Waals surface area contributed by atoms with Gasteiger partial charge in [-0.3, -0.25) is 4.90 Å². The fourth-order valence-corrected chi connectivity index (χ4v) is 4.22. The van der Waals surface area contributed by atoms with Gasteiger partial charge in [-0.2, -0.15) is 13.2 Å². The van der Waals surface area contributed by atoms with Crippen LogP contribution >= 0.6 is 0 Å². The van der Waals surface area contributed by atoms with E-state index in [0.717, 1.165) is 43.7 Å². The maximum absolute atomic E-state index is 12.8. The number of pyridine rings is 1. The maximum atomic E-state index is 12.8. The molecule has 2 aromatic rings. The normalized spacial score (nSPS) is 26.0. The highest BCUT2D eigenvalue weighted by Crippen LogP contribution is 2.46. The van der Waals surface area contributed by atoms with Crippen LogP contribution in [0.1, 0.15) is 24.8 Å². The summed E-state index contributed by atoms with van der Waals surface area (Å²) in [5.74, 6) is 2.33. The van der Waals surface area contributed by atoms with Gasteiger partial charge in [0.25, 0.3) is 0 Å². The molecule has 4 fully saturated rings. The lowest BCUT2D eigenvalue weighted by Crippen LogP contribution is -2.48. The highest BCUT2D eigenvalue weighted by atomic mass is 19.4. The largest absolute Gasteiger partial charge is 0.419 e. The van der Waals surface area contributed by atoms with Gasteiger partial charge in [0.15, 0.2) is 0 Å². The van der Waals surface area contributed by atoms with E-state index in [-0.39, 0.29) is 0 Å². The summed E-state index contributed by atoms with van der Waals surface area (Å²) < 4.78 is 45.4. The third-order valence-corrected chi connectivity index (χ3v) is 6.46. The van der Waals surface area contributed by atoms with Crippen LogP contribution in [0.2, 0.25) is 0 Å². The summed E-state index contributed by atoms with van der Waals surface area (Å²) in [4.78, 5) is 10.4. The number of piperidine rings is 1. The van der Waals surface area contributed by atoms with Gasteiger partial charge in [0, 0.05) is 37.6 Å². The number of nitrogen functional groups attached to an aromatic ring is 1. The molecule has 0 bridgehead atoms. The Morgan fingerprint density at radius 1 is 1.13 bits per heavy atom. The Labute approximate surface area is 173 Å². The van der Waals surface area contributed by atoms with Gasteiger partial charge in [-0.05, 0) is 43.1 Å². The van der Waals surface area contributed by atoms with Crippen molar-refractivity contribution < 1.29 is 17.9 Å². The Balaban J connectivity index is 0.000000159. The van der Waals surface area contributed by atoms with Crippen LogP contribution in [0.25, 0.3) is 11.3 Å². The van der Waals surface area contributed by atoms with E-state index in [0.29, 0.717) is 17.2 Å². The molecule has 6 nitrogen and oxygen atoms in total. The van der Waals surface area contributed by atoms with E-state index in [1.54, 1.807) is 12.5 Å². The summed E-state index contributed by atoms with van der Waals surface area (Å²) in [6.45, 7) is 5.61. The van der Waals surface area contributed by atoms with Crippen molar-refractivity contribution in [3.63, 3.8) is 0 Å². The first-order valence-corrected chi connectivity index (χ1v) is 10.5. The molecule has 6 rings (SSSR count). The number of aromatic nitrogens is 3. The van der Waals surface area contributed by atoms with Crippen molar-refractivity contribution in [2.24, 2.45) is 17.8 Å². The van der Waals surface area contributed by atoms with Crippen LogP contribution in [0, 0.1) is 17.8 Å². The van der Waals surface area contributed by atoms with Crippen molar-refractivity contribution in [2.75, 3.05) is 32.0 Å². The zero-order chi connectivity index (χ0) is 20.9. The quantitative estimate of drug-likeness (QED) is 0.821. The second-order valence-corrected chi connectivity index (χ2v) is 8.95. The Hall–Kier alpha value is -2.13. The van der Waals surface area contributed by atoms with E-state index in [2.05, 4.69) is 14.9 Å². The minimum Gasteiger partial charge on any atom is -0.383 e. The highest BCUT2D eigenvalue weighted by molar-refractivity contribution is 5.61. The second-order valence-electron chi connectivity index (χ2n) is 8.95. The van der Waals surface area contributed by atoms with Gasteiger partial charge in [0.2, 0.25) is 0 Å². The average molecular weight is 421 g/mol. The molecule has 2 aliphatic heterocycles. The second kappa shape index (κ2) is 7.53. The minimum absolute atomic E-state index is 0.320. The lowest BCUT2D eigenvalue weighted by Gasteiger charge is -2.35. The zero-order valence-corrected chi connectivity index (χ0v) is 16.7. The number of imidazole rings is 1. The van der Waals surface area contributed by atoms with Gasteiger partial charge in [-0.1, -0.05) is 0 Å². The number of anilines is 1. The lowest BCUT2D eigenvalue weighted by molar-refractivity contribution is -0.137. The fourth-order valence-electron chi connectivity index (χ4n) is 4.22. The molecule has 9 heteroatoms. The molecule has 0 amide bonds. The molecule has 2 atom stereocenters. The first-order valence-electron chi connectivity index (χ1n) is 10.5. The highest BCUT2D eigenvalue weighted by Gasteiger charge is 2.47. The fraction of sp³-hybridized carbons (Fsp3) is 0.619. The minimum atomic E-state index is -4.51. The van der Waals surface area contributed by atoms with E-state index < -0.39 is 17.6 Å². The summed E-state index contributed by atoms with van der Waals surface area (Å²) in [5, 5.41) is 0. The van der Waals surface area contributed by atoms with Crippen molar-refractivity contribution in [1.29, 1.82) is 0 Å². The number of alkyl halides is 3. The van der Waals surface area contributed by atoms with Crippen molar-refractivity contribution >= 4 is 5.82 Å². The monoisotopic (exact) mass is 421 g/mol. The predicted molar refractivity (Wildman–Crippen MR) is 105 cm³/mol. The molecule has 0 radical (unpaired) electrons. The van der Waals surface area contributed by atoms with E-state index in [4.69, 9.17) is 10.5 Å². The van der Waals surface area contributed by atoms with Crippen LogP contribution < -0.4 is 5.73 Å². The average Bonchev–Trinajstić information content (AvgIpc) is 3.51. The van der Waals surface area contributed by atoms with E-state index in [1.807, 2.05) is 4.57 Å². The molecule has 4 heterocycles. The van der Waals surface area contributed by atoms with Gasteiger partial charge >= 0.3 is 6.18 Å². The van der Waals surface area contributed by atoms with Crippen LogP contribution in [0.15, 0.2) is 24.8 Å². The number of halogens is 3. The van der Waals surface area contributed by atoms with Crippen molar-refractivity contribution in [3.05, 3.63) is 30.4 Å². The summed E-state index contributed by atoms with van der Waals surface area (Å²) in [6, 6.07) is 1.79. The number of ether oxygens (including phenoxy) is 1. The molecular weight excluding hydrogens is 395 g/mol. The number of likely N-dealkylation sites (tertiary alicyclic amines) is 1. The molecule has 30 heavy (non-hydrogen) atoms. The summed E-state index contributed by atoms with van der Waals surface area (Å²) in [6.07, 6.45) is 4.11. The Morgan fingerprint density at radius 2 is 1.87 bits per heavy atom. The lowest BCUT2D eigenvalue weighted by atomic mass is 10.1. The van der Waals surface area contributed by atoms with Crippen LogP contribution in [0.5, 0.6) is 0 Å². The van der Waals surface area contributed by atoms with Gasteiger partial charge in [0.1, 0.15) is 5.82 Å². The summed E-state index contributed by atoms with van der Waals surface area (Å²) >= 11 is 0. The molecule has 2 saturated carbocycles. The van der Waals surface area contributed by atoms with Crippen molar-refractivity contribution in [2.45, 2.75) is 38.0 Å². The van der Waals surface area contributed by atoms with E-state index in [1.165, 1.54) is 38.5 Å². The number of hydrogen-bond acceptors (Lipinski definition) is 5. The third-order valence-electron chi connectivity index (χ3n) is 6.46. The molecule has 2 unspecified atom stereocenters. The molecule has 2 saturated heterocycles. The Bertz CT molecular complexity index is 896. The van der Waals surface area contributed by atoms with Crippen LogP contribution in [-0.4, -0.2) is 51.8 Å². The predicted octanol–water partition coefficient (Wildman–Crippen LogP) is 3.29. The van der Waals surface area contributed by atoms with Crippen LogP contribution in [0.4, 0.5) is 19.0 Å². The summed E-state index contributed by atoms with van der Waals surface area (Å²) in [5.41, 5.74) is 5.15. The van der Waals surface area contributed by atoms with Crippen LogP contribution in [0.3, 0.4) is 0 Å². The van der Waals surface area contributed by atoms with Crippen LogP contribution in [-0.2, 0) is 17.5 Å². The number of fused-ring (bicyclic) bond motifs is 1. The molecule has 4 aliphatic rings. The number of hydrogen-bond donors (Lipinski definition) is 1. The maximum Gasteiger partial charge on any atom is 0.419 e. The molecule has 2 aliphatic carbocycles. The molecule has 0 spiro atoms. The topological polar surface area (TPSA) is 69.2 Å². The Kier molecular flexibility index (Phi) is 4.97. The molecule has 0 aromatic carbocycles. The number of nitrogens with zero attached hydrogens (tertiary/aromatic N) is 4. The first-order chi connectivity index (χ1) is 14.4. The van der Waals surface area contributed by atoms with Crippen molar-refractivity contribution in [3.8, 4) is 11.3 Å². The van der Waals surface area contributed by atoms with Gasteiger partial charge in [-0.25, -0.2) is 9.97 Å². The van der Waals surface area contributed by atoms with E-state index >= 15 is 0 Å². The molecule has 162 valence electrons. The molecule has 2 aromatic heterocycles. The van der Waals surface area contributed by atoms with Crippen molar-refractivity contribution in [1.82, 2.24) is 19.4 Å². The van der Waals surface area contributed by atoms with Gasteiger partial charge in [0.05, 0.1) is 36.8 Å². The third kappa shape index (κ3) is 4.32. The Morgan fingerprint density at radius 3 is 2.47 bits per heavy atom.